The van der Waals surface area contributed by atoms with Crippen molar-refractivity contribution in [2.75, 3.05) is 19.0 Å². The average Bonchev–Trinajstić information content (AvgIpc) is 2.51. The standard InChI is InChI=1S/C16H17F2NO2/c1-10-3-8-13(17)16(15(10)18)19-9-14(20)11-4-6-12(21-2)7-5-11/h3-8,14,19-20H,9H2,1-2H3. The Morgan fingerprint density at radius 3 is 2.43 bits per heavy atom. The second-order valence-electron chi connectivity index (χ2n) is 4.72. The zero-order chi connectivity index (χ0) is 15.4. The number of aryl methyl sites for hydroxylation is 1. The van der Waals surface area contributed by atoms with Crippen molar-refractivity contribution in [1.29, 1.82) is 0 Å². The molecule has 0 aliphatic rings. The highest BCUT2D eigenvalue weighted by Gasteiger charge is 2.13. The van der Waals surface area contributed by atoms with Crippen LogP contribution < -0.4 is 10.1 Å². The van der Waals surface area contributed by atoms with E-state index >= 15 is 0 Å². The van der Waals surface area contributed by atoms with E-state index in [9.17, 15) is 13.9 Å². The van der Waals surface area contributed by atoms with Crippen LogP contribution in [0, 0.1) is 18.6 Å². The van der Waals surface area contributed by atoms with E-state index in [2.05, 4.69) is 5.32 Å². The molecular weight excluding hydrogens is 276 g/mol. The number of benzene rings is 2. The van der Waals surface area contributed by atoms with Gasteiger partial charge in [0.25, 0.3) is 0 Å². The minimum absolute atomic E-state index is 0.00359. The Kier molecular flexibility index (Phi) is 4.75. The van der Waals surface area contributed by atoms with Gasteiger partial charge in [-0.1, -0.05) is 18.2 Å². The number of rotatable bonds is 5. The maximum atomic E-state index is 13.8. The Bertz CT molecular complexity index is 614. The van der Waals surface area contributed by atoms with Crippen molar-refractivity contribution in [3.63, 3.8) is 0 Å². The monoisotopic (exact) mass is 293 g/mol. The first-order valence-corrected chi connectivity index (χ1v) is 6.53. The zero-order valence-corrected chi connectivity index (χ0v) is 11.9. The van der Waals surface area contributed by atoms with Crippen LogP contribution in [-0.2, 0) is 0 Å². The highest BCUT2D eigenvalue weighted by molar-refractivity contribution is 5.49. The van der Waals surface area contributed by atoms with E-state index in [0.29, 0.717) is 16.9 Å². The van der Waals surface area contributed by atoms with Gasteiger partial charge in [0, 0.05) is 6.54 Å². The summed E-state index contributed by atoms with van der Waals surface area (Å²) in [4.78, 5) is 0. The topological polar surface area (TPSA) is 41.5 Å². The number of aliphatic hydroxyl groups excluding tert-OH is 1. The number of ether oxygens (including phenoxy) is 1. The second kappa shape index (κ2) is 6.54. The lowest BCUT2D eigenvalue weighted by Crippen LogP contribution is -2.14. The fourth-order valence-electron chi connectivity index (χ4n) is 1.96. The van der Waals surface area contributed by atoms with Gasteiger partial charge in [-0.25, -0.2) is 8.78 Å². The van der Waals surface area contributed by atoms with Crippen molar-refractivity contribution in [2.45, 2.75) is 13.0 Å². The minimum Gasteiger partial charge on any atom is -0.497 e. The maximum absolute atomic E-state index is 13.8. The van der Waals surface area contributed by atoms with Crippen molar-refractivity contribution < 1.29 is 18.6 Å². The molecule has 1 atom stereocenters. The van der Waals surface area contributed by atoms with Crippen molar-refractivity contribution in [3.05, 3.63) is 59.2 Å². The van der Waals surface area contributed by atoms with E-state index in [1.807, 2.05) is 0 Å². The molecule has 0 spiro atoms. The normalized spacial score (nSPS) is 12.0. The molecule has 0 aliphatic carbocycles. The lowest BCUT2D eigenvalue weighted by Gasteiger charge is -2.15. The fraction of sp³-hybridized carbons (Fsp3) is 0.250. The Balaban J connectivity index is 2.07. The number of hydrogen-bond acceptors (Lipinski definition) is 3. The Labute approximate surface area is 122 Å². The fourth-order valence-corrected chi connectivity index (χ4v) is 1.96. The van der Waals surface area contributed by atoms with Crippen LogP contribution in [0.25, 0.3) is 0 Å². The van der Waals surface area contributed by atoms with Crippen LogP contribution in [-0.4, -0.2) is 18.8 Å². The molecule has 1 unspecified atom stereocenters. The maximum Gasteiger partial charge on any atom is 0.152 e. The summed E-state index contributed by atoms with van der Waals surface area (Å²) in [5.74, 6) is -0.647. The van der Waals surface area contributed by atoms with Crippen LogP contribution in [0.2, 0.25) is 0 Å². The second-order valence-corrected chi connectivity index (χ2v) is 4.72. The smallest absolute Gasteiger partial charge is 0.152 e. The zero-order valence-electron chi connectivity index (χ0n) is 11.9. The molecule has 0 amide bonds. The van der Waals surface area contributed by atoms with Crippen LogP contribution in [0.5, 0.6) is 5.75 Å². The first-order valence-electron chi connectivity index (χ1n) is 6.53. The molecule has 2 N–H and O–H groups in total. The third kappa shape index (κ3) is 3.49. The molecule has 2 aromatic rings. The van der Waals surface area contributed by atoms with E-state index in [4.69, 9.17) is 4.74 Å². The number of hydrogen-bond donors (Lipinski definition) is 2. The van der Waals surface area contributed by atoms with Gasteiger partial charge in [0.1, 0.15) is 17.3 Å². The summed E-state index contributed by atoms with van der Waals surface area (Å²) >= 11 is 0. The van der Waals surface area contributed by atoms with Gasteiger partial charge in [0.2, 0.25) is 0 Å². The molecule has 3 nitrogen and oxygen atoms in total. The highest BCUT2D eigenvalue weighted by Crippen LogP contribution is 2.23. The van der Waals surface area contributed by atoms with Crippen molar-refractivity contribution in [3.8, 4) is 5.75 Å². The molecule has 0 fully saturated rings. The van der Waals surface area contributed by atoms with Crippen LogP contribution in [0.1, 0.15) is 17.2 Å². The van der Waals surface area contributed by atoms with Gasteiger partial charge in [-0.15, -0.1) is 0 Å². The minimum atomic E-state index is -0.879. The summed E-state index contributed by atoms with van der Waals surface area (Å²) in [6.07, 6.45) is -0.879. The lowest BCUT2D eigenvalue weighted by molar-refractivity contribution is 0.191. The summed E-state index contributed by atoms with van der Waals surface area (Å²) in [7, 11) is 1.55. The Morgan fingerprint density at radius 2 is 1.81 bits per heavy atom. The summed E-state index contributed by atoms with van der Waals surface area (Å²) in [6, 6.07) is 9.40. The predicted molar refractivity (Wildman–Crippen MR) is 77.5 cm³/mol. The molecule has 112 valence electrons. The summed E-state index contributed by atoms with van der Waals surface area (Å²) < 4.78 is 32.4. The number of aliphatic hydroxyl groups is 1. The van der Waals surface area contributed by atoms with Crippen molar-refractivity contribution >= 4 is 5.69 Å². The van der Waals surface area contributed by atoms with E-state index < -0.39 is 17.7 Å². The molecule has 2 rings (SSSR count). The highest BCUT2D eigenvalue weighted by atomic mass is 19.1. The molecule has 0 aromatic heterocycles. The van der Waals surface area contributed by atoms with Gasteiger partial charge in [0.05, 0.1) is 13.2 Å². The molecule has 21 heavy (non-hydrogen) atoms. The molecular formula is C16H17F2NO2. The number of halogens is 2. The first kappa shape index (κ1) is 15.3. The quantitative estimate of drug-likeness (QED) is 0.887. The largest absolute Gasteiger partial charge is 0.497 e. The molecule has 0 heterocycles. The molecule has 0 saturated carbocycles. The van der Waals surface area contributed by atoms with E-state index in [-0.39, 0.29) is 12.2 Å². The Morgan fingerprint density at radius 1 is 1.14 bits per heavy atom. The molecule has 5 heteroatoms. The number of methoxy groups -OCH3 is 1. The molecule has 0 saturated heterocycles. The van der Waals surface area contributed by atoms with Gasteiger partial charge in [0.15, 0.2) is 5.82 Å². The van der Waals surface area contributed by atoms with Crippen molar-refractivity contribution in [2.24, 2.45) is 0 Å². The molecule has 0 aliphatic heterocycles. The predicted octanol–water partition coefficient (Wildman–Crippen LogP) is 3.43. The van der Waals surface area contributed by atoms with Crippen molar-refractivity contribution in [1.82, 2.24) is 0 Å². The summed E-state index contributed by atoms with van der Waals surface area (Å²) in [5, 5.41) is 12.7. The molecule has 0 radical (unpaired) electrons. The lowest BCUT2D eigenvalue weighted by atomic mass is 10.1. The van der Waals surface area contributed by atoms with Crippen LogP contribution >= 0.6 is 0 Å². The first-order chi connectivity index (χ1) is 10.0. The summed E-state index contributed by atoms with van der Waals surface area (Å²) in [5.41, 5.74) is 0.761. The van der Waals surface area contributed by atoms with Gasteiger partial charge in [-0.3, -0.25) is 0 Å². The third-order valence-corrected chi connectivity index (χ3v) is 3.26. The summed E-state index contributed by atoms with van der Waals surface area (Å²) in [6.45, 7) is 1.56. The average molecular weight is 293 g/mol. The van der Waals surface area contributed by atoms with E-state index in [1.165, 1.54) is 12.1 Å². The SMILES string of the molecule is COc1ccc(C(O)CNc2c(F)ccc(C)c2F)cc1. The van der Waals surface area contributed by atoms with Crippen LogP contribution in [0.15, 0.2) is 36.4 Å². The van der Waals surface area contributed by atoms with Crippen LogP contribution in [0.3, 0.4) is 0 Å². The number of nitrogens with one attached hydrogen (secondary N) is 1. The van der Waals surface area contributed by atoms with E-state index in [0.717, 1.165) is 0 Å². The van der Waals surface area contributed by atoms with Crippen LogP contribution in [0.4, 0.5) is 14.5 Å². The Hall–Kier alpha value is -2.14. The van der Waals surface area contributed by atoms with E-state index in [1.54, 1.807) is 38.3 Å². The van der Waals surface area contributed by atoms with Gasteiger partial charge >= 0.3 is 0 Å². The molecule has 0 bridgehead atoms. The third-order valence-electron chi connectivity index (χ3n) is 3.26. The number of anilines is 1. The van der Waals surface area contributed by atoms with Gasteiger partial charge < -0.3 is 15.2 Å². The van der Waals surface area contributed by atoms with Gasteiger partial charge in [-0.2, -0.15) is 0 Å². The van der Waals surface area contributed by atoms with Gasteiger partial charge in [-0.05, 0) is 36.2 Å². The molecule has 2 aromatic carbocycles.